The van der Waals surface area contributed by atoms with Gasteiger partial charge in [0.2, 0.25) is 11.8 Å². The van der Waals surface area contributed by atoms with E-state index in [2.05, 4.69) is 29.1 Å². The number of ether oxygens (including phenoxy) is 1. The summed E-state index contributed by atoms with van der Waals surface area (Å²) in [7, 11) is 0. The Kier molecular flexibility index (Phi) is 18.1. The van der Waals surface area contributed by atoms with Crippen molar-refractivity contribution in [2.45, 2.75) is 103 Å². The first kappa shape index (κ1) is 30.1. The summed E-state index contributed by atoms with van der Waals surface area (Å²) in [4.78, 5) is 33.7. The SMILES string of the molecule is CCCCCCCCN(CCCCCCCC)C(=O)COCCNC(=O)C(N)Cc1cnc[nH]1. The van der Waals surface area contributed by atoms with Crippen LogP contribution < -0.4 is 11.1 Å². The van der Waals surface area contributed by atoms with Gasteiger partial charge in [-0.15, -0.1) is 0 Å². The molecule has 1 atom stereocenters. The predicted octanol–water partition coefficient (Wildman–Crippen LogP) is 3.96. The molecule has 1 rings (SSSR count). The number of nitrogens with one attached hydrogen (secondary N) is 2. The zero-order valence-corrected chi connectivity index (χ0v) is 21.7. The quantitative estimate of drug-likeness (QED) is 0.218. The van der Waals surface area contributed by atoms with Crippen LogP contribution in [0.1, 0.15) is 96.6 Å². The Balaban J connectivity index is 2.26. The standard InChI is InChI=1S/C26H49N5O3/c1-3-5-7-9-11-13-16-31(17-14-12-10-8-6-4-2)25(32)21-34-18-15-29-26(33)24(27)19-23-20-28-22-30-23/h20,22,24H,3-19,21,27H2,1-2H3,(H,28,30)(H,29,33). The maximum Gasteiger partial charge on any atom is 0.248 e. The summed E-state index contributed by atoms with van der Waals surface area (Å²) in [6.45, 7) is 6.74. The Bertz CT molecular complexity index is 608. The summed E-state index contributed by atoms with van der Waals surface area (Å²) in [5.74, 6) is -0.193. The number of nitrogens with two attached hydrogens (primary N) is 1. The highest BCUT2D eigenvalue weighted by atomic mass is 16.5. The van der Waals surface area contributed by atoms with Crippen molar-refractivity contribution in [2.24, 2.45) is 5.73 Å². The van der Waals surface area contributed by atoms with Crippen LogP contribution >= 0.6 is 0 Å². The fourth-order valence-corrected chi connectivity index (χ4v) is 3.88. The van der Waals surface area contributed by atoms with E-state index in [0.717, 1.165) is 31.6 Å². The number of unbranched alkanes of at least 4 members (excludes halogenated alkanes) is 10. The van der Waals surface area contributed by atoms with E-state index >= 15 is 0 Å². The van der Waals surface area contributed by atoms with Crippen LogP contribution in [0.25, 0.3) is 0 Å². The van der Waals surface area contributed by atoms with E-state index in [-0.39, 0.29) is 25.0 Å². The van der Waals surface area contributed by atoms with Crippen LogP contribution in [-0.2, 0) is 20.7 Å². The Morgan fingerprint density at radius 2 is 1.59 bits per heavy atom. The number of aromatic amines is 1. The lowest BCUT2D eigenvalue weighted by Gasteiger charge is -2.23. The van der Waals surface area contributed by atoms with E-state index in [4.69, 9.17) is 10.5 Å². The van der Waals surface area contributed by atoms with Crippen molar-refractivity contribution in [3.8, 4) is 0 Å². The molecule has 8 heteroatoms. The molecule has 0 aromatic carbocycles. The molecule has 0 aliphatic rings. The maximum absolute atomic E-state index is 12.7. The van der Waals surface area contributed by atoms with Gasteiger partial charge in [0.05, 0.1) is 19.0 Å². The van der Waals surface area contributed by atoms with Gasteiger partial charge in [-0.1, -0.05) is 78.1 Å². The molecular weight excluding hydrogens is 430 g/mol. The third-order valence-electron chi connectivity index (χ3n) is 6.02. The molecule has 0 radical (unpaired) electrons. The highest BCUT2D eigenvalue weighted by Crippen LogP contribution is 2.09. The zero-order valence-electron chi connectivity index (χ0n) is 21.7. The lowest BCUT2D eigenvalue weighted by atomic mass is 10.1. The molecule has 34 heavy (non-hydrogen) atoms. The minimum atomic E-state index is -0.646. The smallest absolute Gasteiger partial charge is 0.248 e. The molecule has 0 bridgehead atoms. The number of imidazole rings is 1. The maximum atomic E-state index is 12.7. The number of carbonyl (C=O) groups excluding carboxylic acids is 2. The summed E-state index contributed by atoms with van der Waals surface area (Å²) >= 11 is 0. The molecule has 1 unspecified atom stereocenters. The van der Waals surface area contributed by atoms with Gasteiger partial charge < -0.3 is 25.7 Å². The van der Waals surface area contributed by atoms with E-state index in [1.54, 1.807) is 12.5 Å². The summed E-state index contributed by atoms with van der Waals surface area (Å²) in [5.41, 5.74) is 6.74. The van der Waals surface area contributed by atoms with Crippen LogP contribution in [0.15, 0.2) is 12.5 Å². The molecule has 0 saturated heterocycles. The van der Waals surface area contributed by atoms with Crippen LogP contribution in [0.5, 0.6) is 0 Å². The number of H-pyrrole nitrogens is 1. The average molecular weight is 480 g/mol. The van der Waals surface area contributed by atoms with Crippen LogP contribution in [0, 0.1) is 0 Å². The first-order valence-corrected chi connectivity index (χ1v) is 13.4. The summed E-state index contributed by atoms with van der Waals surface area (Å²) in [5, 5.41) is 2.77. The van der Waals surface area contributed by atoms with Crippen LogP contribution in [0.4, 0.5) is 0 Å². The first-order valence-electron chi connectivity index (χ1n) is 13.4. The number of aromatic nitrogens is 2. The third kappa shape index (κ3) is 15.1. The van der Waals surface area contributed by atoms with Gasteiger partial charge in [-0.2, -0.15) is 0 Å². The fraction of sp³-hybridized carbons (Fsp3) is 0.808. The second-order valence-corrected chi connectivity index (χ2v) is 9.15. The van der Waals surface area contributed by atoms with Crippen molar-refractivity contribution in [3.05, 3.63) is 18.2 Å². The molecule has 0 aliphatic carbocycles. The van der Waals surface area contributed by atoms with Crippen molar-refractivity contribution in [2.75, 3.05) is 32.8 Å². The molecule has 0 spiro atoms. The molecule has 1 aromatic heterocycles. The number of rotatable bonds is 22. The molecule has 0 aliphatic heterocycles. The van der Waals surface area contributed by atoms with Gasteiger partial charge in [0.15, 0.2) is 0 Å². The molecule has 0 fully saturated rings. The molecule has 2 amide bonds. The van der Waals surface area contributed by atoms with Gasteiger partial charge in [0.25, 0.3) is 0 Å². The highest BCUT2D eigenvalue weighted by Gasteiger charge is 2.15. The number of nitrogens with zero attached hydrogens (tertiary/aromatic N) is 2. The third-order valence-corrected chi connectivity index (χ3v) is 6.02. The number of hydrogen-bond acceptors (Lipinski definition) is 5. The zero-order chi connectivity index (χ0) is 24.9. The fourth-order valence-electron chi connectivity index (χ4n) is 3.88. The Morgan fingerprint density at radius 3 is 2.15 bits per heavy atom. The van der Waals surface area contributed by atoms with Gasteiger partial charge in [0.1, 0.15) is 6.61 Å². The normalized spacial score (nSPS) is 12.0. The molecule has 8 nitrogen and oxygen atoms in total. The summed E-state index contributed by atoms with van der Waals surface area (Å²) in [6, 6.07) is -0.646. The molecule has 1 heterocycles. The first-order chi connectivity index (χ1) is 16.6. The van der Waals surface area contributed by atoms with Crippen LogP contribution in [0.3, 0.4) is 0 Å². The number of carbonyl (C=O) groups is 2. The molecule has 4 N–H and O–H groups in total. The number of hydrogen-bond donors (Lipinski definition) is 3. The van der Waals surface area contributed by atoms with Crippen LogP contribution in [-0.4, -0.2) is 65.6 Å². The number of amides is 2. The van der Waals surface area contributed by atoms with Gasteiger partial charge in [-0.3, -0.25) is 9.59 Å². The van der Waals surface area contributed by atoms with E-state index in [9.17, 15) is 9.59 Å². The van der Waals surface area contributed by atoms with E-state index in [1.807, 2.05) is 4.90 Å². The van der Waals surface area contributed by atoms with E-state index < -0.39 is 6.04 Å². The molecule has 0 saturated carbocycles. The van der Waals surface area contributed by atoms with Crippen molar-refractivity contribution >= 4 is 11.8 Å². The molecule has 1 aromatic rings. The van der Waals surface area contributed by atoms with Gasteiger partial charge in [0, 0.05) is 37.9 Å². The Morgan fingerprint density at radius 1 is 1.00 bits per heavy atom. The van der Waals surface area contributed by atoms with Crippen molar-refractivity contribution in [1.29, 1.82) is 0 Å². The van der Waals surface area contributed by atoms with Gasteiger partial charge >= 0.3 is 0 Å². The predicted molar refractivity (Wildman–Crippen MR) is 137 cm³/mol. The summed E-state index contributed by atoms with van der Waals surface area (Å²) in [6.07, 6.45) is 18.2. The minimum absolute atomic E-state index is 0.0457. The lowest BCUT2D eigenvalue weighted by molar-refractivity contribution is -0.136. The topological polar surface area (TPSA) is 113 Å². The van der Waals surface area contributed by atoms with Crippen molar-refractivity contribution in [1.82, 2.24) is 20.2 Å². The van der Waals surface area contributed by atoms with Gasteiger partial charge in [-0.25, -0.2) is 4.98 Å². The van der Waals surface area contributed by atoms with E-state index in [1.165, 1.54) is 64.2 Å². The minimum Gasteiger partial charge on any atom is -0.370 e. The largest absolute Gasteiger partial charge is 0.370 e. The van der Waals surface area contributed by atoms with Crippen molar-refractivity contribution < 1.29 is 14.3 Å². The Hall–Kier alpha value is -1.93. The van der Waals surface area contributed by atoms with Crippen molar-refractivity contribution in [3.63, 3.8) is 0 Å². The monoisotopic (exact) mass is 479 g/mol. The second-order valence-electron chi connectivity index (χ2n) is 9.15. The Labute approximate surface area is 206 Å². The van der Waals surface area contributed by atoms with Gasteiger partial charge in [-0.05, 0) is 12.8 Å². The lowest BCUT2D eigenvalue weighted by Crippen LogP contribution is -2.43. The summed E-state index contributed by atoms with van der Waals surface area (Å²) < 4.78 is 5.57. The highest BCUT2D eigenvalue weighted by molar-refractivity contribution is 5.81. The average Bonchev–Trinajstić information content (AvgIpc) is 3.34. The van der Waals surface area contributed by atoms with Crippen LogP contribution in [0.2, 0.25) is 0 Å². The second kappa shape index (κ2) is 20.4. The molecule has 196 valence electrons. The molecular formula is C26H49N5O3. The van der Waals surface area contributed by atoms with E-state index in [0.29, 0.717) is 13.0 Å².